The third-order valence-corrected chi connectivity index (χ3v) is 4.45. The molecule has 0 fully saturated rings. The molecule has 0 spiro atoms. The molecule has 3 N–H and O–H groups in total. The Morgan fingerprint density at radius 1 is 1.16 bits per heavy atom. The van der Waals surface area contributed by atoms with E-state index in [0.717, 1.165) is 16.8 Å². The molecule has 0 atom stereocenters. The number of hydrogen-bond acceptors (Lipinski definition) is 4. The number of methoxy groups -OCH3 is 1. The second-order valence-corrected chi connectivity index (χ2v) is 6.51. The highest BCUT2D eigenvalue weighted by atomic mass is 19.4. The van der Waals surface area contributed by atoms with Crippen molar-refractivity contribution in [2.45, 2.75) is 19.3 Å². The molecule has 1 aromatic heterocycles. The Balaban J connectivity index is 1.83. The summed E-state index contributed by atoms with van der Waals surface area (Å²) < 4.78 is 73.7. The number of anilines is 1. The van der Waals surface area contributed by atoms with Crippen molar-refractivity contribution in [3.63, 3.8) is 0 Å². The van der Waals surface area contributed by atoms with Crippen molar-refractivity contribution >= 4 is 11.7 Å². The Morgan fingerprint density at radius 3 is 2.50 bits per heavy atom. The summed E-state index contributed by atoms with van der Waals surface area (Å²) >= 11 is 0. The average Bonchev–Trinajstić information content (AvgIpc) is 3.17. The van der Waals surface area contributed by atoms with E-state index in [2.05, 4.69) is 15.7 Å². The predicted molar refractivity (Wildman–Crippen MR) is 103 cm³/mol. The van der Waals surface area contributed by atoms with E-state index >= 15 is 0 Å². The highest BCUT2D eigenvalue weighted by Crippen LogP contribution is 2.33. The molecule has 0 bridgehead atoms. The topological polar surface area (TPSA) is 88.4 Å². The van der Waals surface area contributed by atoms with Crippen molar-refractivity contribution in [1.29, 1.82) is 0 Å². The van der Waals surface area contributed by atoms with Gasteiger partial charge in [-0.05, 0) is 24.3 Å². The van der Waals surface area contributed by atoms with Crippen LogP contribution in [0.5, 0.6) is 5.75 Å². The van der Waals surface area contributed by atoms with E-state index in [9.17, 15) is 26.7 Å². The molecular weight excluding hydrogens is 439 g/mol. The summed E-state index contributed by atoms with van der Waals surface area (Å²) in [5.74, 6) is -1.67. The largest absolute Gasteiger partial charge is 0.494 e. The molecule has 0 aliphatic heterocycles. The summed E-state index contributed by atoms with van der Waals surface area (Å²) in [6.45, 7) is -1.15. The molecule has 170 valence electrons. The van der Waals surface area contributed by atoms with Gasteiger partial charge in [0.2, 0.25) is 0 Å². The Bertz CT molecular complexity index is 1130. The minimum absolute atomic E-state index is 0.0152. The molecule has 3 rings (SSSR count). The third-order valence-electron chi connectivity index (χ3n) is 4.45. The van der Waals surface area contributed by atoms with Crippen LogP contribution in [-0.2, 0) is 19.3 Å². The van der Waals surface area contributed by atoms with E-state index < -0.39 is 48.3 Å². The minimum atomic E-state index is -4.78. The lowest BCUT2D eigenvalue weighted by Gasteiger charge is -2.14. The molecule has 0 aliphatic carbocycles. The number of carbonyl (C=O) groups excluding carboxylic acids is 1. The van der Waals surface area contributed by atoms with Gasteiger partial charge in [0, 0.05) is 17.3 Å². The standard InChI is InChI=1S/C20H17F5N4O3/c1-32-18-5-4-13(7-16(18)22)29-17(14(8-27-29)20(23,24)25)9-26-19(31)28-12-3-2-11(10-30)15(21)6-12/h2-8,30H,9-10H2,1H3,(H2,26,28,31). The van der Waals surface area contributed by atoms with Crippen LogP contribution in [0.3, 0.4) is 0 Å². The zero-order chi connectivity index (χ0) is 23.5. The molecule has 0 saturated carbocycles. The summed E-state index contributed by atoms with van der Waals surface area (Å²) in [4.78, 5) is 12.1. The third kappa shape index (κ3) is 4.97. The van der Waals surface area contributed by atoms with Gasteiger partial charge in [-0.25, -0.2) is 18.3 Å². The molecular formula is C20H17F5N4O3. The van der Waals surface area contributed by atoms with E-state index in [-0.39, 0.29) is 22.7 Å². The van der Waals surface area contributed by atoms with Crippen molar-refractivity contribution in [2.24, 2.45) is 0 Å². The highest BCUT2D eigenvalue weighted by molar-refractivity contribution is 5.89. The summed E-state index contributed by atoms with van der Waals surface area (Å²) in [6, 6.07) is 6.10. The zero-order valence-electron chi connectivity index (χ0n) is 16.5. The normalized spacial score (nSPS) is 11.3. The van der Waals surface area contributed by atoms with E-state index in [0.29, 0.717) is 6.20 Å². The van der Waals surface area contributed by atoms with Gasteiger partial charge in [-0.1, -0.05) is 6.07 Å². The van der Waals surface area contributed by atoms with Crippen LogP contribution < -0.4 is 15.4 Å². The first-order valence-corrected chi connectivity index (χ1v) is 9.06. The maximum atomic E-state index is 14.0. The van der Waals surface area contributed by atoms with Gasteiger partial charge < -0.3 is 20.5 Å². The first-order chi connectivity index (χ1) is 15.1. The zero-order valence-corrected chi connectivity index (χ0v) is 16.5. The number of benzene rings is 2. The molecule has 1 heterocycles. The van der Waals surface area contributed by atoms with Gasteiger partial charge in [0.25, 0.3) is 0 Å². The molecule has 0 aliphatic rings. The molecule has 0 saturated heterocycles. The van der Waals surface area contributed by atoms with Crippen LogP contribution in [0.2, 0.25) is 0 Å². The molecule has 7 nitrogen and oxygen atoms in total. The first-order valence-electron chi connectivity index (χ1n) is 9.06. The fourth-order valence-electron chi connectivity index (χ4n) is 2.88. The van der Waals surface area contributed by atoms with Gasteiger partial charge >= 0.3 is 12.2 Å². The lowest BCUT2D eigenvalue weighted by atomic mass is 10.2. The number of halogens is 5. The van der Waals surface area contributed by atoms with Crippen molar-refractivity contribution in [3.8, 4) is 11.4 Å². The molecule has 3 aromatic rings. The lowest BCUT2D eigenvalue weighted by Crippen LogP contribution is -2.30. The molecule has 32 heavy (non-hydrogen) atoms. The molecule has 12 heteroatoms. The Kier molecular flexibility index (Phi) is 6.63. The highest BCUT2D eigenvalue weighted by Gasteiger charge is 2.36. The SMILES string of the molecule is COc1ccc(-n2ncc(C(F)(F)F)c2CNC(=O)Nc2ccc(CO)c(F)c2)cc1F. The Hall–Kier alpha value is -3.67. The number of urea groups is 1. The number of aliphatic hydroxyl groups is 1. The van der Waals surface area contributed by atoms with Crippen LogP contribution in [-0.4, -0.2) is 28.0 Å². The van der Waals surface area contributed by atoms with E-state index in [1.54, 1.807) is 0 Å². The summed E-state index contributed by atoms with van der Waals surface area (Å²) in [5, 5.41) is 17.2. The van der Waals surface area contributed by atoms with Gasteiger partial charge in [-0.2, -0.15) is 18.3 Å². The van der Waals surface area contributed by atoms with E-state index in [1.807, 2.05) is 0 Å². The number of nitrogens with zero attached hydrogens (tertiary/aromatic N) is 2. The number of amides is 2. The predicted octanol–water partition coefficient (Wildman–Crippen LogP) is 3.99. The van der Waals surface area contributed by atoms with Gasteiger partial charge in [-0.15, -0.1) is 0 Å². The second kappa shape index (κ2) is 9.22. The van der Waals surface area contributed by atoms with Crippen molar-refractivity contribution in [1.82, 2.24) is 15.1 Å². The Morgan fingerprint density at radius 2 is 1.91 bits per heavy atom. The van der Waals surface area contributed by atoms with Crippen molar-refractivity contribution < 1.29 is 36.6 Å². The number of alkyl halides is 3. The number of aromatic nitrogens is 2. The van der Waals surface area contributed by atoms with Crippen LogP contribution >= 0.6 is 0 Å². The first kappa shape index (κ1) is 23.0. The molecule has 2 aromatic carbocycles. The Labute approximate surface area is 178 Å². The van der Waals surface area contributed by atoms with Gasteiger partial charge in [0.1, 0.15) is 5.82 Å². The summed E-state index contributed by atoms with van der Waals surface area (Å²) in [5.41, 5.74) is -1.54. The van der Waals surface area contributed by atoms with Gasteiger partial charge in [0.15, 0.2) is 11.6 Å². The molecule has 0 unspecified atom stereocenters. The number of ether oxygens (including phenoxy) is 1. The number of hydrogen-bond donors (Lipinski definition) is 3. The maximum Gasteiger partial charge on any atom is 0.419 e. The number of nitrogens with one attached hydrogen (secondary N) is 2. The summed E-state index contributed by atoms with van der Waals surface area (Å²) in [6.07, 6.45) is -4.21. The smallest absolute Gasteiger partial charge is 0.419 e. The maximum absolute atomic E-state index is 14.0. The number of carbonyl (C=O) groups is 1. The van der Waals surface area contributed by atoms with Crippen LogP contribution in [0.15, 0.2) is 42.6 Å². The van der Waals surface area contributed by atoms with Gasteiger partial charge in [-0.3, -0.25) is 0 Å². The molecule has 0 radical (unpaired) electrons. The van der Waals surface area contributed by atoms with Gasteiger partial charge in [0.05, 0.1) is 43.4 Å². The fraction of sp³-hybridized carbons (Fsp3) is 0.200. The monoisotopic (exact) mass is 456 g/mol. The van der Waals surface area contributed by atoms with Crippen LogP contribution in [0, 0.1) is 11.6 Å². The summed E-state index contributed by atoms with van der Waals surface area (Å²) in [7, 11) is 1.24. The number of aliphatic hydroxyl groups excluding tert-OH is 1. The van der Waals surface area contributed by atoms with E-state index in [4.69, 9.17) is 9.84 Å². The van der Waals surface area contributed by atoms with Crippen molar-refractivity contribution in [2.75, 3.05) is 12.4 Å². The second-order valence-electron chi connectivity index (χ2n) is 6.51. The molecule has 2 amide bonds. The minimum Gasteiger partial charge on any atom is -0.494 e. The van der Waals surface area contributed by atoms with Crippen LogP contribution in [0.4, 0.5) is 32.4 Å². The van der Waals surface area contributed by atoms with Crippen molar-refractivity contribution in [3.05, 3.63) is 71.1 Å². The quantitative estimate of drug-likeness (QED) is 0.490. The average molecular weight is 456 g/mol. The number of rotatable bonds is 6. The van der Waals surface area contributed by atoms with E-state index in [1.165, 1.54) is 31.4 Å². The fourth-order valence-corrected chi connectivity index (χ4v) is 2.88. The lowest BCUT2D eigenvalue weighted by molar-refractivity contribution is -0.138. The van der Waals surface area contributed by atoms with Crippen LogP contribution in [0.1, 0.15) is 16.8 Å². The van der Waals surface area contributed by atoms with Crippen LogP contribution in [0.25, 0.3) is 5.69 Å².